The molecule has 0 saturated heterocycles. The lowest BCUT2D eigenvalue weighted by Crippen LogP contribution is -2.33. The minimum Gasteiger partial charge on any atom is -0.395 e. The van der Waals surface area contributed by atoms with Crippen LogP contribution in [-0.4, -0.2) is 42.0 Å². The number of aryl methyl sites for hydroxylation is 2. The molecule has 0 fully saturated rings. The number of ketones is 1. The number of benzene rings is 1. The molecule has 18 heavy (non-hydrogen) atoms. The second kappa shape index (κ2) is 7.29. The standard InChI is InChI=1S/C15H23NO2/c1-4-16(8-9-17)11-14(18)10-15-12(2)6-5-7-13(15)3/h5-7,17H,4,8-11H2,1-3H3. The minimum absolute atomic E-state index is 0.102. The van der Waals surface area contributed by atoms with Gasteiger partial charge >= 0.3 is 0 Å². The van der Waals surface area contributed by atoms with E-state index in [1.54, 1.807) is 0 Å². The van der Waals surface area contributed by atoms with E-state index in [2.05, 4.69) is 0 Å². The van der Waals surface area contributed by atoms with Gasteiger partial charge in [0, 0.05) is 13.0 Å². The molecule has 100 valence electrons. The maximum absolute atomic E-state index is 12.0. The van der Waals surface area contributed by atoms with Gasteiger partial charge in [-0.2, -0.15) is 0 Å². The highest BCUT2D eigenvalue weighted by molar-refractivity contribution is 5.83. The minimum atomic E-state index is 0.102. The zero-order chi connectivity index (χ0) is 13.5. The molecule has 0 bridgehead atoms. The molecule has 1 rings (SSSR count). The SMILES string of the molecule is CCN(CCO)CC(=O)Cc1c(C)cccc1C. The molecule has 0 aliphatic heterocycles. The van der Waals surface area contributed by atoms with E-state index in [-0.39, 0.29) is 12.4 Å². The number of rotatable bonds is 7. The predicted octanol–water partition coefficient (Wildman–Crippen LogP) is 1.73. The van der Waals surface area contributed by atoms with Gasteiger partial charge in [-0.05, 0) is 37.1 Å². The van der Waals surface area contributed by atoms with E-state index in [4.69, 9.17) is 5.11 Å². The van der Waals surface area contributed by atoms with Crippen LogP contribution in [0, 0.1) is 13.8 Å². The Morgan fingerprint density at radius 3 is 2.39 bits per heavy atom. The molecule has 0 spiro atoms. The van der Waals surface area contributed by atoms with Gasteiger partial charge in [-0.3, -0.25) is 9.69 Å². The van der Waals surface area contributed by atoms with Crippen molar-refractivity contribution in [2.45, 2.75) is 27.2 Å². The average Bonchev–Trinajstić information content (AvgIpc) is 2.33. The number of hydrogen-bond donors (Lipinski definition) is 1. The van der Waals surface area contributed by atoms with Gasteiger partial charge in [-0.1, -0.05) is 25.1 Å². The van der Waals surface area contributed by atoms with Crippen LogP contribution in [0.25, 0.3) is 0 Å². The largest absolute Gasteiger partial charge is 0.395 e. The first-order valence-corrected chi connectivity index (χ1v) is 6.48. The number of aliphatic hydroxyl groups excluding tert-OH is 1. The maximum Gasteiger partial charge on any atom is 0.151 e. The van der Waals surface area contributed by atoms with Crippen molar-refractivity contribution in [1.82, 2.24) is 4.90 Å². The number of Topliss-reactive ketones (excluding diaryl/α,β-unsaturated/α-hetero) is 1. The second-order valence-corrected chi connectivity index (χ2v) is 4.68. The molecule has 0 aliphatic rings. The number of hydrogen-bond acceptors (Lipinski definition) is 3. The van der Waals surface area contributed by atoms with Crippen LogP contribution in [0.3, 0.4) is 0 Å². The first kappa shape index (κ1) is 14.9. The Balaban J connectivity index is 2.64. The molecule has 0 aliphatic carbocycles. The fraction of sp³-hybridized carbons (Fsp3) is 0.533. The molecular formula is C15H23NO2. The zero-order valence-electron chi connectivity index (χ0n) is 11.6. The van der Waals surface area contributed by atoms with Crippen molar-refractivity contribution in [1.29, 1.82) is 0 Å². The molecule has 0 aromatic heterocycles. The smallest absolute Gasteiger partial charge is 0.151 e. The van der Waals surface area contributed by atoms with E-state index in [9.17, 15) is 4.79 Å². The Morgan fingerprint density at radius 2 is 1.89 bits per heavy atom. The van der Waals surface area contributed by atoms with Crippen molar-refractivity contribution in [2.24, 2.45) is 0 Å². The molecule has 3 nitrogen and oxygen atoms in total. The lowest BCUT2D eigenvalue weighted by molar-refractivity contribution is -0.119. The zero-order valence-corrected chi connectivity index (χ0v) is 11.6. The quantitative estimate of drug-likeness (QED) is 0.800. The second-order valence-electron chi connectivity index (χ2n) is 4.68. The molecule has 0 amide bonds. The van der Waals surface area contributed by atoms with Crippen molar-refractivity contribution in [2.75, 3.05) is 26.2 Å². The van der Waals surface area contributed by atoms with Crippen LogP contribution in [0.1, 0.15) is 23.6 Å². The monoisotopic (exact) mass is 249 g/mol. The van der Waals surface area contributed by atoms with Gasteiger partial charge in [0.1, 0.15) is 0 Å². The van der Waals surface area contributed by atoms with E-state index in [0.717, 1.165) is 12.1 Å². The summed E-state index contributed by atoms with van der Waals surface area (Å²) in [6.07, 6.45) is 0.487. The van der Waals surface area contributed by atoms with Gasteiger partial charge in [-0.15, -0.1) is 0 Å². The molecule has 0 unspecified atom stereocenters. The third-order valence-corrected chi connectivity index (χ3v) is 3.28. The van der Waals surface area contributed by atoms with E-state index in [0.29, 0.717) is 19.5 Å². The summed E-state index contributed by atoms with van der Waals surface area (Å²) in [4.78, 5) is 14.0. The maximum atomic E-state index is 12.0. The average molecular weight is 249 g/mol. The van der Waals surface area contributed by atoms with Gasteiger partial charge < -0.3 is 5.11 Å². The first-order valence-electron chi connectivity index (χ1n) is 6.48. The van der Waals surface area contributed by atoms with Gasteiger partial charge in [0.2, 0.25) is 0 Å². The third kappa shape index (κ3) is 4.24. The molecule has 1 N–H and O–H groups in total. The van der Waals surface area contributed by atoms with Crippen LogP contribution in [0.15, 0.2) is 18.2 Å². The molecule has 0 radical (unpaired) electrons. The van der Waals surface area contributed by atoms with Crippen LogP contribution in [-0.2, 0) is 11.2 Å². The molecule has 0 heterocycles. The van der Waals surface area contributed by atoms with Crippen LogP contribution < -0.4 is 0 Å². The highest BCUT2D eigenvalue weighted by atomic mass is 16.3. The Labute approximate surface area is 109 Å². The van der Waals surface area contributed by atoms with Gasteiger partial charge in [-0.25, -0.2) is 0 Å². The molecule has 1 aromatic carbocycles. The summed E-state index contributed by atoms with van der Waals surface area (Å²) in [5, 5.41) is 8.91. The summed E-state index contributed by atoms with van der Waals surface area (Å²) in [7, 11) is 0. The Morgan fingerprint density at radius 1 is 1.28 bits per heavy atom. The number of carbonyl (C=O) groups excluding carboxylic acids is 1. The fourth-order valence-electron chi connectivity index (χ4n) is 2.12. The third-order valence-electron chi connectivity index (χ3n) is 3.28. The molecular weight excluding hydrogens is 226 g/mol. The van der Waals surface area contributed by atoms with Gasteiger partial charge in [0.25, 0.3) is 0 Å². The van der Waals surface area contributed by atoms with E-state index >= 15 is 0 Å². The van der Waals surface area contributed by atoms with E-state index in [1.807, 2.05) is 43.9 Å². The lowest BCUT2D eigenvalue weighted by atomic mass is 9.98. The number of likely N-dealkylation sites (N-methyl/N-ethyl adjacent to an activating group) is 1. The summed E-state index contributed by atoms with van der Waals surface area (Å²) in [6.45, 7) is 7.97. The van der Waals surface area contributed by atoms with Crippen molar-refractivity contribution in [3.63, 3.8) is 0 Å². The summed E-state index contributed by atoms with van der Waals surface area (Å²) in [5.41, 5.74) is 3.49. The van der Waals surface area contributed by atoms with Crippen molar-refractivity contribution in [3.05, 3.63) is 34.9 Å². The predicted molar refractivity (Wildman–Crippen MR) is 73.8 cm³/mol. The topological polar surface area (TPSA) is 40.5 Å². The summed E-state index contributed by atoms with van der Waals surface area (Å²) in [5.74, 6) is 0.211. The van der Waals surface area contributed by atoms with Gasteiger partial charge in [0.15, 0.2) is 5.78 Å². The van der Waals surface area contributed by atoms with Crippen molar-refractivity contribution in [3.8, 4) is 0 Å². The highest BCUT2D eigenvalue weighted by Gasteiger charge is 2.12. The summed E-state index contributed by atoms with van der Waals surface area (Å²) < 4.78 is 0. The van der Waals surface area contributed by atoms with Gasteiger partial charge in [0.05, 0.1) is 13.2 Å². The van der Waals surface area contributed by atoms with E-state index in [1.165, 1.54) is 11.1 Å². The summed E-state index contributed by atoms with van der Waals surface area (Å²) >= 11 is 0. The van der Waals surface area contributed by atoms with Crippen LogP contribution in [0.2, 0.25) is 0 Å². The van der Waals surface area contributed by atoms with Crippen molar-refractivity contribution >= 4 is 5.78 Å². The summed E-state index contributed by atoms with van der Waals surface area (Å²) in [6, 6.07) is 6.10. The Kier molecular flexibility index (Phi) is 6.02. The normalized spacial score (nSPS) is 10.9. The van der Waals surface area contributed by atoms with E-state index < -0.39 is 0 Å². The van der Waals surface area contributed by atoms with Crippen LogP contribution in [0.5, 0.6) is 0 Å². The molecule has 0 atom stereocenters. The van der Waals surface area contributed by atoms with Crippen LogP contribution in [0.4, 0.5) is 0 Å². The molecule has 0 saturated carbocycles. The molecule has 3 heteroatoms. The number of carbonyl (C=O) groups is 1. The number of nitrogens with zero attached hydrogens (tertiary/aromatic N) is 1. The van der Waals surface area contributed by atoms with Crippen LogP contribution >= 0.6 is 0 Å². The Hall–Kier alpha value is -1.19. The lowest BCUT2D eigenvalue weighted by Gasteiger charge is -2.18. The number of aliphatic hydroxyl groups is 1. The fourth-order valence-corrected chi connectivity index (χ4v) is 2.12. The Bertz CT molecular complexity index is 381. The molecule has 1 aromatic rings. The highest BCUT2D eigenvalue weighted by Crippen LogP contribution is 2.14. The first-order chi connectivity index (χ1) is 8.58. The van der Waals surface area contributed by atoms with Crippen molar-refractivity contribution < 1.29 is 9.90 Å².